The summed E-state index contributed by atoms with van der Waals surface area (Å²) >= 11 is 0. The van der Waals surface area contributed by atoms with Crippen molar-refractivity contribution in [2.45, 2.75) is 26.3 Å². The molecule has 0 spiro atoms. The molecule has 1 saturated heterocycles. The molecule has 1 fully saturated rings. The Bertz CT molecular complexity index is 763. The van der Waals surface area contributed by atoms with E-state index >= 15 is 0 Å². The maximum atomic E-state index is 12.1. The average Bonchev–Trinajstić information content (AvgIpc) is 3.07. The number of rotatable bonds is 4. The zero-order valence-corrected chi connectivity index (χ0v) is 13.1. The smallest absolute Gasteiger partial charge is 0.260 e. The Kier molecular flexibility index (Phi) is 4.41. The van der Waals surface area contributed by atoms with Crippen molar-refractivity contribution >= 4 is 11.7 Å². The highest BCUT2D eigenvalue weighted by molar-refractivity contribution is 5.93. The molecule has 0 aromatic carbocycles. The number of pyridine rings is 2. The molecule has 2 aromatic rings. The largest absolute Gasteiger partial charge is 0.357 e. The van der Waals surface area contributed by atoms with Crippen molar-refractivity contribution in [3.8, 4) is 0 Å². The van der Waals surface area contributed by atoms with Crippen molar-refractivity contribution in [1.82, 2.24) is 15.3 Å². The topological polar surface area (TPSA) is 78.1 Å². The molecule has 0 aliphatic carbocycles. The highest BCUT2D eigenvalue weighted by Crippen LogP contribution is 2.18. The van der Waals surface area contributed by atoms with E-state index in [-0.39, 0.29) is 17.0 Å². The molecule has 0 bridgehead atoms. The second-order valence-electron chi connectivity index (χ2n) is 5.78. The van der Waals surface area contributed by atoms with Gasteiger partial charge in [-0.25, -0.2) is 4.98 Å². The molecular weight excluding hydrogens is 292 g/mol. The van der Waals surface area contributed by atoms with Crippen LogP contribution in [0.15, 0.2) is 35.3 Å². The molecule has 0 saturated carbocycles. The second kappa shape index (κ2) is 6.64. The quantitative estimate of drug-likeness (QED) is 0.899. The molecule has 0 radical (unpaired) electrons. The van der Waals surface area contributed by atoms with Crippen molar-refractivity contribution in [1.29, 1.82) is 0 Å². The Morgan fingerprint density at radius 1 is 1.30 bits per heavy atom. The molecule has 3 heterocycles. The SMILES string of the molecule is Cc1ccc(C(=O)NCc2ccnc(N3CCCC3)c2)c(=O)[nH]1. The summed E-state index contributed by atoms with van der Waals surface area (Å²) in [5, 5.41) is 2.79. The van der Waals surface area contributed by atoms with E-state index in [2.05, 4.69) is 20.2 Å². The van der Waals surface area contributed by atoms with Gasteiger partial charge >= 0.3 is 0 Å². The summed E-state index contributed by atoms with van der Waals surface area (Å²) in [6.45, 7) is 4.21. The van der Waals surface area contributed by atoms with Gasteiger partial charge < -0.3 is 15.2 Å². The number of carbonyl (C=O) groups excluding carboxylic acids is 1. The molecular formula is C17H20N4O2. The van der Waals surface area contributed by atoms with Crippen LogP contribution in [0.3, 0.4) is 0 Å². The molecule has 1 aliphatic heterocycles. The predicted molar refractivity (Wildman–Crippen MR) is 88.7 cm³/mol. The lowest BCUT2D eigenvalue weighted by Crippen LogP contribution is -2.29. The summed E-state index contributed by atoms with van der Waals surface area (Å²) in [5.41, 5.74) is 1.47. The number of H-pyrrole nitrogens is 1. The van der Waals surface area contributed by atoms with Gasteiger partial charge in [0.1, 0.15) is 11.4 Å². The van der Waals surface area contributed by atoms with Crippen molar-refractivity contribution in [2.75, 3.05) is 18.0 Å². The number of hydrogen-bond acceptors (Lipinski definition) is 4. The lowest BCUT2D eigenvalue weighted by Gasteiger charge is -2.17. The second-order valence-corrected chi connectivity index (χ2v) is 5.78. The summed E-state index contributed by atoms with van der Waals surface area (Å²) in [5.74, 6) is 0.577. The van der Waals surface area contributed by atoms with Gasteiger partial charge in [-0.15, -0.1) is 0 Å². The van der Waals surface area contributed by atoms with Gasteiger partial charge in [0, 0.05) is 31.5 Å². The van der Waals surface area contributed by atoms with Gasteiger partial charge in [-0.05, 0) is 49.6 Å². The summed E-state index contributed by atoms with van der Waals surface area (Å²) in [6.07, 6.45) is 4.14. The van der Waals surface area contributed by atoms with Crippen LogP contribution >= 0.6 is 0 Å². The number of aromatic nitrogens is 2. The number of carbonyl (C=O) groups is 1. The van der Waals surface area contributed by atoms with E-state index in [1.54, 1.807) is 25.3 Å². The van der Waals surface area contributed by atoms with Crippen LogP contribution in [0.1, 0.15) is 34.5 Å². The van der Waals surface area contributed by atoms with Crippen molar-refractivity contribution in [2.24, 2.45) is 0 Å². The van der Waals surface area contributed by atoms with Crippen LogP contribution < -0.4 is 15.8 Å². The van der Waals surface area contributed by atoms with Crippen LogP contribution in [0.4, 0.5) is 5.82 Å². The monoisotopic (exact) mass is 312 g/mol. The number of nitrogens with one attached hydrogen (secondary N) is 2. The highest BCUT2D eigenvalue weighted by Gasteiger charge is 2.14. The molecule has 0 unspecified atom stereocenters. The third kappa shape index (κ3) is 3.59. The lowest BCUT2D eigenvalue weighted by atomic mass is 10.2. The normalized spacial score (nSPS) is 14.0. The van der Waals surface area contributed by atoms with Crippen molar-refractivity contribution in [3.05, 3.63) is 57.6 Å². The molecule has 3 rings (SSSR count). The van der Waals surface area contributed by atoms with Crippen LogP contribution in [-0.4, -0.2) is 29.0 Å². The van der Waals surface area contributed by atoms with Crippen LogP contribution in [0.25, 0.3) is 0 Å². The third-order valence-electron chi connectivity index (χ3n) is 3.99. The number of anilines is 1. The Labute approximate surface area is 134 Å². The van der Waals surface area contributed by atoms with E-state index in [1.807, 2.05) is 12.1 Å². The van der Waals surface area contributed by atoms with Gasteiger partial charge in [-0.1, -0.05) is 0 Å². The number of amides is 1. The molecule has 1 aliphatic rings. The van der Waals surface area contributed by atoms with Crippen LogP contribution in [0.5, 0.6) is 0 Å². The lowest BCUT2D eigenvalue weighted by molar-refractivity contribution is 0.0949. The van der Waals surface area contributed by atoms with Crippen LogP contribution in [0, 0.1) is 6.92 Å². The summed E-state index contributed by atoms with van der Waals surface area (Å²) in [6, 6.07) is 7.13. The first-order chi connectivity index (χ1) is 11.1. The average molecular weight is 312 g/mol. The molecule has 120 valence electrons. The van der Waals surface area contributed by atoms with Crippen LogP contribution in [-0.2, 0) is 6.54 Å². The van der Waals surface area contributed by atoms with Crippen LogP contribution in [0.2, 0.25) is 0 Å². The van der Waals surface area contributed by atoms with E-state index in [0.717, 1.165) is 30.2 Å². The fourth-order valence-corrected chi connectivity index (χ4v) is 2.72. The number of aromatic amines is 1. The maximum Gasteiger partial charge on any atom is 0.260 e. The molecule has 0 atom stereocenters. The Hall–Kier alpha value is -2.63. The summed E-state index contributed by atoms with van der Waals surface area (Å²) in [7, 11) is 0. The van der Waals surface area contributed by atoms with Gasteiger partial charge in [0.15, 0.2) is 0 Å². The molecule has 6 nitrogen and oxygen atoms in total. The third-order valence-corrected chi connectivity index (χ3v) is 3.99. The standard InChI is InChI=1S/C17H20N4O2/c1-12-4-5-14(17(23)20-12)16(22)19-11-13-6-7-18-15(10-13)21-8-2-3-9-21/h4-7,10H,2-3,8-9,11H2,1H3,(H,19,22)(H,20,23). The van der Waals surface area contributed by atoms with Gasteiger partial charge in [-0.2, -0.15) is 0 Å². The van der Waals surface area contributed by atoms with Gasteiger partial charge in [0.05, 0.1) is 0 Å². The summed E-state index contributed by atoms with van der Waals surface area (Å²) in [4.78, 5) is 33.2. The van der Waals surface area contributed by atoms with E-state index in [9.17, 15) is 9.59 Å². The number of nitrogens with zero attached hydrogens (tertiary/aromatic N) is 2. The fourth-order valence-electron chi connectivity index (χ4n) is 2.72. The van der Waals surface area contributed by atoms with E-state index in [1.165, 1.54) is 12.8 Å². The maximum absolute atomic E-state index is 12.1. The summed E-state index contributed by atoms with van der Waals surface area (Å²) < 4.78 is 0. The van der Waals surface area contributed by atoms with Crippen molar-refractivity contribution < 1.29 is 4.79 Å². The van der Waals surface area contributed by atoms with E-state index in [4.69, 9.17) is 0 Å². The molecule has 2 aromatic heterocycles. The Balaban J connectivity index is 1.67. The molecule has 23 heavy (non-hydrogen) atoms. The Morgan fingerprint density at radius 3 is 2.83 bits per heavy atom. The minimum Gasteiger partial charge on any atom is -0.357 e. The number of aryl methyl sites for hydroxylation is 1. The molecule has 1 amide bonds. The minimum atomic E-state index is -0.370. The zero-order valence-electron chi connectivity index (χ0n) is 13.1. The Morgan fingerprint density at radius 2 is 2.09 bits per heavy atom. The molecule has 6 heteroatoms. The van der Waals surface area contributed by atoms with Gasteiger partial charge in [0.2, 0.25) is 0 Å². The predicted octanol–water partition coefficient (Wildman–Crippen LogP) is 1.61. The van der Waals surface area contributed by atoms with Crippen molar-refractivity contribution in [3.63, 3.8) is 0 Å². The zero-order chi connectivity index (χ0) is 16.2. The van der Waals surface area contributed by atoms with E-state index in [0.29, 0.717) is 6.54 Å². The van der Waals surface area contributed by atoms with Gasteiger partial charge in [0.25, 0.3) is 11.5 Å². The fraction of sp³-hybridized carbons (Fsp3) is 0.353. The number of hydrogen-bond donors (Lipinski definition) is 2. The first-order valence-electron chi connectivity index (χ1n) is 7.81. The molecule has 2 N–H and O–H groups in total. The first kappa shape index (κ1) is 15.3. The first-order valence-corrected chi connectivity index (χ1v) is 7.81. The minimum absolute atomic E-state index is 0.129. The van der Waals surface area contributed by atoms with E-state index < -0.39 is 0 Å². The highest BCUT2D eigenvalue weighted by atomic mass is 16.2. The van der Waals surface area contributed by atoms with Gasteiger partial charge in [-0.3, -0.25) is 9.59 Å².